The molecular formula is C21H22N6O4S. The molecule has 0 unspecified atom stereocenters. The third kappa shape index (κ3) is 3.21. The van der Waals surface area contributed by atoms with Crippen molar-refractivity contribution in [2.75, 3.05) is 18.1 Å². The average Bonchev–Trinajstić information content (AvgIpc) is 3.43. The van der Waals surface area contributed by atoms with Crippen LogP contribution in [-0.4, -0.2) is 57.2 Å². The number of nitrogens with two attached hydrogens (primary N) is 1. The highest BCUT2D eigenvalue weighted by molar-refractivity contribution is 7.90. The van der Waals surface area contributed by atoms with Gasteiger partial charge in [0.15, 0.2) is 5.65 Å². The number of benzene rings is 1. The summed E-state index contributed by atoms with van der Waals surface area (Å²) in [6.07, 6.45) is 3.44. The minimum absolute atomic E-state index is 0.0334. The average molecular weight is 455 g/mol. The van der Waals surface area contributed by atoms with Crippen molar-refractivity contribution < 1.29 is 18.3 Å². The number of aromatic nitrogens is 4. The number of carbonyl (C=O) groups is 1. The summed E-state index contributed by atoms with van der Waals surface area (Å²) in [7, 11) is -3.86. The topological polar surface area (TPSA) is 136 Å². The zero-order valence-corrected chi connectivity index (χ0v) is 18.2. The predicted molar refractivity (Wildman–Crippen MR) is 119 cm³/mol. The largest absolute Gasteiger partial charge is 0.481 e. The molecule has 0 aliphatic carbocycles. The fourth-order valence-electron chi connectivity index (χ4n) is 4.18. The number of rotatable bonds is 5. The van der Waals surface area contributed by atoms with Crippen LogP contribution >= 0.6 is 0 Å². The van der Waals surface area contributed by atoms with Crippen LogP contribution in [0, 0.1) is 6.92 Å². The normalized spacial score (nSPS) is 16.9. The summed E-state index contributed by atoms with van der Waals surface area (Å²) in [5, 5.41) is 11.9. The molecule has 0 saturated carbocycles. The second-order valence-electron chi connectivity index (χ2n) is 8.03. The number of carboxylic acid groups (broad SMARTS) is 1. The summed E-state index contributed by atoms with van der Waals surface area (Å²) >= 11 is 0. The number of hydrogen-bond donors (Lipinski definition) is 2. The van der Waals surface area contributed by atoms with Gasteiger partial charge in [0.2, 0.25) is 0 Å². The van der Waals surface area contributed by atoms with Crippen LogP contribution in [0.1, 0.15) is 17.8 Å². The minimum atomic E-state index is -3.86. The number of carboxylic acids is 1. The summed E-state index contributed by atoms with van der Waals surface area (Å²) in [5.74, 6) is -0.654. The molecule has 1 aliphatic heterocycles. The molecule has 1 atom stereocenters. The van der Waals surface area contributed by atoms with Gasteiger partial charge in [0.25, 0.3) is 10.0 Å². The van der Waals surface area contributed by atoms with Crippen LogP contribution in [0.25, 0.3) is 22.1 Å². The van der Waals surface area contributed by atoms with Crippen LogP contribution in [0.15, 0.2) is 47.6 Å². The van der Waals surface area contributed by atoms with Gasteiger partial charge in [0.1, 0.15) is 23.3 Å². The van der Waals surface area contributed by atoms with Crippen LogP contribution in [0.3, 0.4) is 0 Å². The Bertz CT molecular complexity index is 1460. The molecule has 4 heterocycles. The molecule has 1 fully saturated rings. The molecule has 5 rings (SSSR count). The first-order valence-electron chi connectivity index (χ1n) is 10.2. The number of aliphatic carboxylic acids is 1. The van der Waals surface area contributed by atoms with Gasteiger partial charge in [0.05, 0.1) is 11.1 Å². The highest BCUT2D eigenvalue weighted by Gasteiger charge is 2.28. The van der Waals surface area contributed by atoms with E-state index in [0.29, 0.717) is 35.3 Å². The standard InChI is InChI=1S/C21H22N6O4S/c1-13-2-4-15(5-3-13)32(30,31)26-9-7-16-20-17(11-23-21(16)26)24-18(10-19(28)29)27(20)25-8-6-14(22)12-25/h2-5,7,9,11,14H,6,8,10,12,22H2,1H3,(H,28,29)/t14-/m0/s1. The Morgan fingerprint density at radius 2 is 2.00 bits per heavy atom. The maximum absolute atomic E-state index is 13.3. The summed E-state index contributed by atoms with van der Waals surface area (Å²) in [6, 6.07) is 8.26. The lowest BCUT2D eigenvalue weighted by atomic mass is 10.2. The second kappa shape index (κ2) is 7.31. The number of pyridine rings is 1. The van der Waals surface area contributed by atoms with E-state index in [1.807, 2.05) is 11.9 Å². The summed E-state index contributed by atoms with van der Waals surface area (Å²) in [4.78, 5) is 20.5. The Kier molecular flexibility index (Phi) is 4.68. The zero-order valence-electron chi connectivity index (χ0n) is 17.3. The molecule has 10 nitrogen and oxygen atoms in total. The van der Waals surface area contributed by atoms with Gasteiger partial charge in [-0.25, -0.2) is 27.0 Å². The van der Waals surface area contributed by atoms with Gasteiger partial charge in [-0.3, -0.25) is 4.79 Å². The van der Waals surface area contributed by atoms with Crippen molar-refractivity contribution in [3.05, 3.63) is 54.1 Å². The van der Waals surface area contributed by atoms with Crippen molar-refractivity contribution in [3.8, 4) is 0 Å². The van der Waals surface area contributed by atoms with Crippen molar-refractivity contribution in [2.24, 2.45) is 5.73 Å². The molecule has 1 aromatic carbocycles. The van der Waals surface area contributed by atoms with E-state index < -0.39 is 16.0 Å². The molecule has 0 bridgehead atoms. The fourth-order valence-corrected chi connectivity index (χ4v) is 5.48. The molecule has 1 aliphatic rings. The first kappa shape index (κ1) is 20.5. The first-order valence-corrected chi connectivity index (χ1v) is 11.6. The van der Waals surface area contributed by atoms with Crippen molar-refractivity contribution in [2.45, 2.75) is 30.7 Å². The predicted octanol–water partition coefficient (Wildman–Crippen LogP) is 1.23. The Balaban J connectivity index is 1.74. The van der Waals surface area contributed by atoms with E-state index in [0.717, 1.165) is 16.0 Å². The Morgan fingerprint density at radius 3 is 2.66 bits per heavy atom. The quantitative estimate of drug-likeness (QED) is 0.459. The number of fused-ring (bicyclic) bond motifs is 3. The van der Waals surface area contributed by atoms with E-state index in [9.17, 15) is 18.3 Å². The van der Waals surface area contributed by atoms with Crippen LogP contribution < -0.4 is 10.7 Å². The van der Waals surface area contributed by atoms with Gasteiger partial charge in [-0.1, -0.05) is 17.7 Å². The highest BCUT2D eigenvalue weighted by Crippen LogP contribution is 2.29. The van der Waals surface area contributed by atoms with Crippen molar-refractivity contribution in [1.82, 2.24) is 18.6 Å². The third-order valence-corrected chi connectivity index (χ3v) is 7.39. The minimum Gasteiger partial charge on any atom is -0.481 e. The van der Waals surface area contributed by atoms with Crippen LogP contribution in [-0.2, 0) is 21.2 Å². The van der Waals surface area contributed by atoms with Crippen molar-refractivity contribution >= 4 is 38.1 Å². The number of hydrogen-bond acceptors (Lipinski definition) is 7. The molecule has 0 radical (unpaired) electrons. The Hall–Kier alpha value is -3.44. The van der Waals surface area contributed by atoms with E-state index in [2.05, 4.69) is 9.97 Å². The lowest BCUT2D eigenvalue weighted by Gasteiger charge is -2.22. The lowest BCUT2D eigenvalue weighted by molar-refractivity contribution is -0.136. The number of nitrogens with zero attached hydrogens (tertiary/aromatic N) is 5. The van der Waals surface area contributed by atoms with Crippen LogP contribution in [0.4, 0.5) is 0 Å². The Morgan fingerprint density at radius 1 is 1.25 bits per heavy atom. The van der Waals surface area contributed by atoms with Gasteiger partial charge in [-0.05, 0) is 31.5 Å². The number of aryl methyl sites for hydroxylation is 1. The molecule has 3 aromatic heterocycles. The molecule has 32 heavy (non-hydrogen) atoms. The van der Waals surface area contributed by atoms with E-state index in [-0.39, 0.29) is 23.0 Å². The lowest BCUT2D eigenvalue weighted by Crippen LogP contribution is -2.36. The highest BCUT2D eigenvalue weighted by atomic mass is 32.2. The summed E-state index contributed by atoms with van der Waals surface area (Å²) < 4.78 is 29.5. The molecule has 0 amide bonds. The molecule has 11 heteroatoms. The SMILES string of the molecule is Cc1ccc(S(=O)(=O)n2ccc3c2ncc2nc(CC(=O)O)n(N4CC[C@H](N)C4)c23)cc1. The zero-order chi connectivity index (χ0) is 22.6. The van der Waals surface area contributed by atoms with E-state index in [1.54, 1.807) is 35.0 Å². The number of imidazole rings is 1. The van der Waals surface area contributed by atoms with Gasteiger partial charge >= 0.3 is 5.97 Å². The van der Waals surface area contributed by atoms with Crippen molar-refractivity contribution in [3.63, 3.8) is 0 Å². The van der Waals surface area contributed by atoms with E-state index in [4.69, 9.17) is 5.73 Å². The second-order valence-corrected chi connectivity index (χ2v) is 9.85. The van der Waals surface area contributed by atoms with Crippen LogP contribution in [0.2, 0.25) is 0 Å². The maximum Gasteiger partial charge on any atom is 0.311 e. The van der Waals surface area contributed by atoms with E-state index >= 15 is 0 Å². The van der Waals surface area contributed by atoms with Gasteiger partial charge < -0.3 is 15.8 Å². The molecule has 3 N–H and O–H groups in total. The molecule has 4 aromatic rings. The van der Waals surface area contributed by atoms with Crippen LogP contribution in [0.5, 0.6) is 0 Å². The molecule has 0 spiro atoms. The van der Waals surface area contributed by atoms with Gasteiger partial charge in [-0.2, -0.15) is 0 Å². The van der Waals surface area contributed by atoms with Gasteiger partial charge in [-0.15, -0.1) is 0 Å². The smallest absolute Gasteiger partial charge is 0.311 e. The fraction of sp³-hybridized carbons (Fsp3) is 0.286. The summed E-state index contributed by atoms with van der Waals surface area (Å²) in [6.45, 7) is 3.08. The van der Waals surface area contributed by atoms with Crippen molar-refractivity contribution in [1.29, 1.82) is 0 Å². The molecule has 166 valence electrons. The first-order chi connectivity index (χ1) is 15.3. The molecule has 1 saturated heterocycles. The third-order valence-electron chi connectivity index (χ3n) is 5.71. The summed E-state index contributed by atoms with van der Waals surface area (Å²) in [5.41, 5.74) is 8.42. The van der Waals surface area contributed by atoms with E-state index in [1.165, 1.54) is 12.4 Å². The molecular weight excluding hydrogens is 432 g/mol. The maximum atomic E-state index is 13.3. The Labute approximate surface area is 183 Å². The monoisotopic (exact) mass is 454 g/mol. The van der Waals surface area contributed by atoms with Gasteiger partial charge in [0, 0.05) is 30.7 Å².